The number of nitrogens with two attached hydrogens (primary N) is 1. The average molecular weight is 340 g/mol. The fourth-order valence-corrected chi connectivity index (χ4v) is 3.01. The summed E-state index contributed by atoms with van der Waals surface area (Å²) in [5.74, 6) is 0.789. The maximum atomic E-state index is 12.0. The lowest BCUT2D eigenvalue weighted by Crippen LogP contribution is -2.39. The van der Waals surface area contributed by atoms with Gasteiger partial charge in [0.2, 0.25) is 5.91 Å². The van der Waals surface area contributed by atoms with Crippen molar-refractivity contribution in [3.05, 3.63) is 28.7 Å². The van der Waals surface area contributed by atoms with Crippen LogP contribution in [0.1, 0.15) is 19.3 Å². The summed E-state index contributed by atoms with van der Waals surface area (Å²) in [5, 5.41) is 2.95. The molecule has 0 saturated carbocycles. The highest BCUT2D eigenvalue weighted by molar-refractivity contribution is 9.10. The number of amides is 1. The first-order valence-corrected chi connectivity index (χ1v) is 7.95. The van der Waals surface area contributed by atoms with Crippen LogP contribution in [0.5, 0.6) is 0 Å². The van der Waals surface area contributed by atoms with Gasteiger partial charge in [-0.15, -0.1) is 0 Å². The summed E-state index contributed by atoms with van der Waals surface area (Å²) in [7, 11) is 0. The topological polar surface area (TPSA) is 58.4 Å². The van der Waals surface area contributed by atoms with Crippen LogP contribution in [0.3, 0.4) is 0 Å². The second-order valence-corrected chi connectivity index (χ2v) is 6.18. The second-order valence-electron chi connectivity index (χ2n) is 5.32. The monoisotopic (exact) mass is 339 g/mol. The number of para-hydroxylation sites is 1. The van der Waals surface area contributed by atoms with Crippen LogP contribution in [0.2, 0.25) is 0 Å². The van der Waals surface area contributed by atoms with Crippen LogP contribution < -0.4 is 11.1 Å². The number of hydrogen-bond donors (Lipinski definition) is 2. The van der Waals surface area contributed by atoms with Crippen LogP contribution in [-0.2, 0) is 4.79 Å². The van der Waals surface area contributed by atoms with E-state index < -0.39 is 0 Å². The number of benzene rings is 1. The molecule has 3 N–H and O–H groups in total. The SMILES string of the molecule is NCCC1CCN(CC(=O)Nc2ccccc2Br)CC1. The summed E-state index contributed by atoms with van der Waals surface area (Å²) < 4.78 is 0.912. The van der Waals surface area contributed by atoms with E-state index in [1.807, 2.05) is 24.3 Å². The predicted octanol–water partition coefficient (Wildman–Crippen LogP) is 2.45. The number of nitrogens with one attached hydrogen (secondary N) is 1. The van der Waals surface area contributed by atoms with E-state index in [1.165, 1.54) is 0 Å². The smallest absolute Gasteiger partial charge is 0.238 e. The van der Waals surface area contributed by atoms with Crippen molar-refractivity contribution in [1.82, 2.24) is 4.90 Å². The van der Waals surface area contributed by atoms with Crippen molar-refractivity contribution in [3.8, 4) is 0 Å². The molecule has 110 valence electrons. The summed E-state index contributed by atoms with van der Waals surface area (Å²) in [6.45, 7) is 3.23. The molecule has 1 amide bonds. The van der Waals surface area contributed by atoms with Gasteiger partial charge in [0.15, 0.2) is 0 Å². The van der Waals surface area contributed by atoms with Gasteiger partial charge < -0.3 is 11.1 Å². The van der Waals surface area contributed by atoms with E-state index in [-0.39, 0.29) is 5.91 Å². The third-order valence-electron chi connectivity index (χ3n) is 3.80. The van der Waals surface area contributed by atoms with E-state index in [0.717, 1.165) is 55.0 Å². The number of hydrogen-bond acceptors (Lipinski definition) is 3. The summed E-state index contributed by atoms with van der Waals surface area (Å²) >= 11 is 3.43. The second kappa shape index (κ2) is 7.76. The molecule has 0 spiro atoms. The molecule has 0 radical (unpaired) electrons. The molecule has 2 rings (SSSR count). The molecule has 20 heavy (non-hydrogen) atoms. The first kappa shape index (κ1) is 15.5. The molecule has 1 heterocycles. The Morgan fingerprint density at radius 3 is 2.70 bits per heavy atom. The Balaban J connectivity index is 1.77. The highest BCUT2D eigenvalue weighted by Crippen LogP contribution is 2.22. The normalized spacial score (nSPS) is 17.1. The van der Waals surface area contributed by atoms with E-state index >= 15 is 0 Å². The van der Waals surface area contributed by atoms with E-state index in [2.05, 4.69) is 26.1 Å². The molecular formula is C15H22BrN3O. The van der Waals surface area contributed by atoms with Crippen LogP contribution in [0.25, 0.3) is 0 Å². The van der Waals surface area contributed by atoms with Crippen LogP contribution in [0.15, 0.2) is 28.7 Å². The maximum Gasteiger partial charge on any atom is 0.238 e. The molecule has 1 aliphatic rings. The number of halogens is 1. The quantitative estimate of drug-likeness (QED) is 0.866. The molecule has 1 saturated heterocycles. The molecule has 4 nitrogen and oxygen atoms in total. The number of nitrogens with zero attached hydrogens (tertiary/aromatic N) is 1. The molecule has 0 atom stereocenters. The Kier molecular flexibility index (Phi) is 6.01. The zero-order valence-electron chi connectivity index (χ0n) is 11.6. The summed E-state index contributed by atoms with van der Waals surface area (Å²) in [6, 6.07) is 7.67. The molecule has 0 unspecified atom stereocenters. The Hall–Kier alpha value is -0.910. The van der Waals surface area contributed by atoms with Gasteiger partial charge in [0.25, 0.3) is 0 Å². The van der Waals surface area contributed by atoms with Gasteiger partial charge >= 0.3 is 0 Å². The highest BCUT2D eigenvalue weighted by atomic mass is 79.9. The fourth-order valence-electron chi connectivity index (χ4n) is 2.62. The summed E-state index contributed by atoms with van der Waals surface area (Å²) in [5.41, 5.74) is 6.42. The van der Waals surface area contributed by atoms with Gasteiger partial charge in [-0.2, -0.15) is 0 Å². The Labute approximate surface area is 128 Å². The molecule has 1 fully saturated rings. The lowest BCUT2D eigenvalue weighted by Gasteiger charge is -2.31. The Bertz CT molecular complexity index is 444. The van der Waals surface area contributed by atoms with Gasteiger partial charge in [0, 0.05) is 4.47 Å². The summed E-state index contributed by atoms with van der Waals surface area (Å²) in [6.07, 6.45) is 3.41. The van der Waals surface area contributed by atoms with Crippen molar-refractivity contribution in [1.29, 1.82) is 0 Å². The van der Waals surface area contributed by atoms with Gasteiger partial charge in [-0.25, -0.2) is 0 Å². The lowest BCUT2D eigenvalue weighted by molar-refractivity contribution is -0.117. The molecule has 1 aliphatic heterocycles. The third kappa shape index (κ3) is 4.58. The minimum atomic E-state index is 0.0502. The van der Waals surface area contributed by atoms with E-state index in [9.17, 15) is 4.79 Å². The minimum absolute atomic E-state index is 0.0502. The van der Waals surface area contributed by atoms with Crippen molar-refractivity contribution in [3.63, 3.8) is 0 Å². The summed E-state index contributed by atoms with van der Waals surface area (Å²) in [4.78, 5) is 14.3. The molecular weight excluding hydrogens is 318 g/mol. The number of rotatable bonds is 5. The number of carbonyl (C=O) groups is 1. The standard InChI is InChI=1S/C15H22BrN3O/c16-13-3-1-2-4-14(13)18-15(20)11-19-9-6-12(5-8-17)7-10-19/h1-4,12H,5-11,17H2,(H,18,20). The lowest BCUT2D eigenvalue weighted by atomic mass is 9.94. The van der Waals surface area contributed by atoms with Gasteiger partial charge in [-0.05, 0) is 72.9 Å². The van der Waals surface area contributed by atoms with Crippen molar-refractivity contribution >= 4 is 27.5 Å². The van der Waals surface area contributed by atoms with Gasteiger partial charge in [0.1, 0.15) is 0 Å². The van der Waals surface area contributed by atoms with Crippen molar-refractivity contribution < 1.29 is 4.79 Å². The van der Waals surface area contributed by atoms with Crippen molar-refractivity contribution in [2.24, 2.45) is 11.7 Å². The first-order valence-electron chi connectivity index (χ1n) is 7.16. The van der Waals surface area contributed by atoms with E-state index in [0.29, 0.717) is 6.54 Å². The number of piperidine rings is 1. The molecule has 0 bridgehead atoms. The number of anilines is 1. The van der Waals surface area contributed by atoms with E-state index in [4.69, 9.17) is 5.73 Å². The highest BCUT2D eigenvalue weighted by Gasteiger charge is 2.20. The molecule has 0 aliphatic carbocycles. The van der Waals surface area contributed by atoms with Crippen LogP contribution >= 0.6 is 15.9 Å². The third-order valence-corrected chi connectivity index (χ3v) is 4.49. The first-order chi connectivity index (χ1) is 9.69. The van der Waals surface area contributed by atoms with Crippen LogP contribution in [0.4, 0.5) is 5.69 Å². The molecule has 1 aromatic carbocycles. The van der Waals surface area contributed by atoms with Gasteiger partial charge in [-0.3, -0.25) is 9.69 Å². The number of carbonyl (C=O) groups excluding carboxylic acids is 1. The molecule has 1 aromatic rings. The molecule has 5 heteroatoms. The number of likely N-dealkylation sites (tertiary alicyclic amines) is 1. The van der Waals surface area contributed by atoms with Crippen LogP contribution in [0, 0.1) is 5.92 Å². The van der Waals surface area contributed by atoms with E-state index in [1.54, 1.807) is 0 Å². The van der Waals surface area contributed by atoms with Crippen molar-refractivity contribution in [2.45, 2.75) is 19.3 Å². The maximum absolute atomic E-state index is 12.0. The molecule has 0 aromatic heterocycles. The van der Waals surface area contributed by atoms with Gasteiger partial charge in [0.05, 0.1) is 12.2 Å². The van der Waals surface area contributed by atoms with Crippen molar-refractivity contribution in [2.75, 3.05) is 31.5 Å². The largest absolute Gasteiger partial charge is 0.330 e. The zero-order valence-corrected chi connectivity index (χ0v) is 13.2. The average Bonchev–Trinajstić information content (AvgIpc) is 2.44. The predicted molar refractivity (Wildman–Crippen MR) is 85.6 cm³/mol. The zero-order chi connectivity index (χ0) is 14.4. The fraction of sp³-hybridized carbons (Fsp3) is 0.533. The Morgan fingerprint density at radius 2 is 2.05 bits per heavy atom. The minimum Gasteiger partial charge on any atom is -0.330 e. The Morgan fingerprint density at radius 1 is 1.35 bits per heavy atom. The van der Waals surface area contributed by atoms with Gasteiger partial charge in [-0.1, -0.05) is 12.1 Å². The van der Waals surface area contributed by atoms with Crippen LogP contribution in [-0.4, -0.2) is 37.0 Å².